The van der Waals surface area contributed by atoms with Crippen LogP contribution in [0.5, 0.6) is 17.2 Å². The summed E-state index contributed by atoms with van der Waals surface area (Å²) < 4.78 is 17.7. The highest BCUT2D eigenvalue weighted by atomic mass is 16.7. The van der Waals surface area contributed by atoms with E-state index in [0.29, 0.717) is 34.4 Å². The molecule has 29 heavy (non-hydrogen) atoms. The summed E-state index contributed by atoms with van der Waals surface area (Å²) >= 11 is 0. The third-order valence-electron chi connectivity index (χ3n) is 5.99. The second-order valence-electron chi connectivity index (χ2n) is 8.21. The number of quaternary nitrogens is 1. The maximum absolute atomic E-state index is 13.0. The van der Waals surface area contributed by atoms with Crippen molar-refractivity contribution in [2.45, 2.75) is 25.3 Å². The Morgan fingerprint density at radius 2 is 2.03 bits per heavy atom. The number of Topliss-reactive ketones (excluding diaryl/α,β-unsaturated/α-hetero) is 1. The number of methoxy groups -OCH3 is 1. The molecule has 2 aromatic rings. The first kappa shape index (κ1) is 19.3. The molecule has 0 aromatic heterocycles. The van der Waals surface area contributed by atoms with Crippen molar-refractivity contribution in [1.29, 1.82) is 5.26 Å². The second kappa shape index (κ2) is 7.41. The molecule has 1 atom stereocenters. The predicted octanol–water partition coefficient (Wildman–Crippen LogP) is 3.17. The molecule has 2 aliphatic rings. The molecule has 150 valence electrons. The number of ketones is 1. The number of benzene rings is 2. The Kier molecular flexibility index (Phi) is 4.93. The molecule has 0 radical (unpaired) electrons. The van der Waals surface area contributed by atoms with Crippen molar-refractivity contribution in [1.82, 2.24) is 0 Å². The molecule has 0 fully saturated rings. The van der Waals surface area contributed by atoms with E-state index in [1.807, 2.05) is 18.2 Å². The number of carbonyl (C=O) groups excluding carboxylic acids is 1. The Bertz CT molecular complexity index is 989. The van der Waals surface area contributed by atoms with E-state index in [9.17, 15) is 4.79 Å². The largest absolute Gasteiger partial charge is 0.492 e. The summed E-state index contributed by atoms with van der Waals surface area (Å²) in [5.41, 5.74) is 3.75. The summed E-state index contributed by atoms with van der Waals surface area (Å²) in [6, 6.07) is 11.3. The fourth-order valence-electron chi connectivity index (χ4n) is 4.33. The van der Waals surface area contributed by atoms with Crippen LogP contribution in [0.1, 0.15) is 34.7 Å². The van der Waals surface area contributed by atoms with Crippen LogP contribution < -0.4 is 14.2 Å². The van der Waals surface area contributed by atoms with Gasteiger partial charge in [-0.05, 0) is 29.3 Å². The van der Waals surface area contributed by atoms with E-state index in [0.717, 1.165) is 29.8 Å². The molecule has 2 aliphatic heterocycles. The van der Waals surface area contributed by atoms with Crippen molar-refractivity contribution in [2.75, 3.05) is 34.5 Å². The Morgan fingerprint density at radius 3 is 2.72 bits per heavy atom. The van der Waals surface area contributed by atoms with Gasteiger partial charge in [0.25, 0.3) is 0 Å². The molecule has 0 spiro atoms. The third kappa shape index (κ3) is 3.54. The first-order chi connectivity index (χ1) is 13.9. The lowest BCUT2D eigenvalue weighted by Gasteiger charge is -2.43. The van der Waals surface area contributed by atoms with Crippen molar-refractivity contribution >= 4 is 5.78 Å². The van der Waals surface area contributed by atoms with Gasteiger partial charge in [0, 0.05) is 12.8 Å². The molecule has 6 heteroatoms. The van der Waals surface area contributed by atoms with Crippen molar-refractivity contribution in [3.05, 3.63) is 52.6 Å². The summed E-state index contributed by atoms with van der Waals surface area (Å²) in [6.45, 7) is 1.12. The topological polar surface area (TPSA) is 68.6 Å². The van der Waals surface area contributed by atoms with Crippen LogP contribution in [0, 0.1) is 11.3 Å². The minimum absolute atomic E-state index is 0.0194. The molecule has 4 rings (SSSR count). The number of hydrogen-bond acceptors (Lipinski definition) is 5. The fraction of sp³-hybridized carbons (Fsp3) is 0.391. The van der Waals surface area contributed by atoms with Gasteiger partial charge in [-0.3, -0.25) is 4.79 Å². The van der Waals surface area contributed by atoms with Crippen LogP contribution in [-0.2, 0) is 17.6 Å². The van der Waals surface area contributed by atoms with Crippen molar-refractivity contribution < 1.29 is 23.5 Å². The first-order valence-corrected chi connectivity index (χ1v) is 9.75. The second-order valence-corrected chi connectivity index (χ2v) is 8.21. The molecule has 0 saturated carbocycles. The van der Waals surface area contributed by atoms with Gasteiger partial charge in [0.2, 0.25) is 12.5 Å². The number of likely N-dealkylation sites (N-methyl/N-ethyl adjacent to an activating group) is 1. The van der Waals surface area contributed by atoms with E-state index < -0.39 is 0 Å². The number of hydrogen-bond donors (Lipinski definition) is 0. The molecule has 2 aromatic carbocycles. The standard InChI is InChI=1S/C23H25N2O4/c1-25(2)9-8-17-11-20-22(29-14-28-20)23(27-3)21(17)19(25)12-18(26)10-15-4-6-16(13-24)7-5-15/h4-7,11,19H,8-10,12,14H2,1-3H3/q+1. The number of nitriles is 1. The van der Waals surface area contributed by atoms with Crippen LogP contribution in [0.15, 0.2) is 30.3 Å². The third-order valence-corrected chi connectivity index (χ3v) is 5.99. The van der Waals surface area contributed by atoms with Crippen LogP contribution in [0.25, 0.3) is 0 Å². The van der Waals surface area contributed by atoms with Crippen molar-refractivity contribution in [3.8, 4) is 23.3 Å². The van der Waals surface area contributed by atoms with Gasteiger partial charge in [-0.15, -0.1) is 0 Å². The maximum atomic E-state index is 13.0. The zero-order valence-corrected chi connectivity index (χ0v) is 17.0. The van der Waals surface area contributed by atoms with E-state index in [-0.39, 0.29) is 18.6 Å². The Labute approximate surface area is 170 Å². The molecule has 0 bridgehead atoms. The van der Waals surface area contributed by atoms with Gasteiger partial charge in [0.15, 0.2) is 11.5 Å². The molecule has 0 saturated heterocycles. The summed E-state index contributed by atoms with van der Waals surface area (Å²) in [6.07, 6.45) is 1.66. The van der Waals surface area contributed by atoms with Crippen molar-refractivity contribution in [2.24, 2.45) is 0 Å². The number of carbonyl (C=O) groups is 1. The lowest BCUT2D eigenvalue weighted by atomic mass is 9.86. The summed E-state index contributed by atoms with van der Waals surface area (Å²) in [5, 5.41) is 8.94. The quantitative estimate of drug-likeness (QED) is 0.730. The average Bonchev–Trinajstić information content (AvgIpc) is 3.17. The average molecular weight is 393 g/mol. The minimum atomic E-state index is -0.0194. The first-order valence-electron chi connectivity index (χ1n) is 9.75. The fourth-order valence-corrected chi connectivity index (χ4v) is 4.33. The lowest BCUT2D eigenvalue weighted by Crippen LogP contribution is -2.48. The number of fused-ring (bicyclic) bond motifs is 2. The molecule has 0 aliphatic carbocycles. The SMILES string of the molecule is COc1c2c(cc3c1C(CC(=O)Cc1ccc(C#N)cc1)[N+](C)(C)CC3)OCO2. The Hall–Kier alpha value is -3.04. The molecule has 2 heterocycles. The van der Waals surface area contributed by atoms with E-state index in [1.165, 1.54) is 5.56 Å². The van der Waals surface area contributed by atoms with Gasteiger partial charge < -0.3 is 18.7 Å². The van der Waals surface area contributed by atoms with E-state index >= 15 is 0 Å². The molecular weight excluding hydrogens is 368 g/mol. The number of ether oxygens (including phenoxy) is 3. The maximum Gasteiger partial charge on any atom is 0.231 e. The van der Waals surface area contributed by atoms with Gasteiger partial charge in [-0.2, -0.15) is 5.26 Å². The van der Waals surface area contributed by atoms with Gasteiger partial charge in [-0.1, -0.05) is 12.1 Å². The summed E-state index contributed by atoms with van der Waals surface area (Å²) in [4.78, 5) is 13.0. The highest BCUT2D eigenvalue weighted by Crippen LogP contribution is 2.51. The van der Waals surface area contributed by atoms with E-state index in [2.05, 4.69) is 20.2 Å². The molecule has 0 N–H and O–H groups in total. The Balaban J connectivity index is 1.64. The summed E-state index contributed by atoms with van der Waals surface area (Å²) in [7, 11) is 5.96. The monoisotopic (exact) mass is 393 g/mol. The van der Waals surface area contributed by atoms with E-state index in [4.69, 9.17) is 19.5 Å². The van der Waals surface area contributed by atoms with Crippen LogP contribution >= 0.6 is 0 Å². The normalized spacial score (nSPS) is 18.6. The van der Waals surface area contributed by atoms with Gasteiger partial charge in [0.05, 0.1) is 51.4 Å². The van der Waals surface area contributed by atoms with Gasteiger partial charge in [0.1, 0.15) is 11.8 Å². The van der Waals surface area contributed by atoms with Gasteiger partial charge >= 0.3 is 0 Å². The number of nitrogens with zero attached hydrogens (tertiary/aromatic N) is 2. The minimum Gasteiger partial charge on any atom is -0.492 e. The van der Waals surface area contributed by atoms with Crippen LogP contribution in [0.4, 0.5) is 0 Å². The molecule has 1 unspecified atom stereocenters. The predicted molar refractivity (Wildman–Crippen MR) is 107 cm³/mol. The zero-order chi connectivity index (χ0) is 20.6. The Morgan fingerprint density at radius 1 is 1.28 bits per heavy atom. The molecular formula is C23H25N2O4+. The smallest absolute Gasteiger partial charge is 0.231 e. The van der Waals surface area contributed by atoms with Crippen LogP contribution in [0.2, 0.25) is 0 Å². The highest BCUT2D eigenvalue weighted by Gasteiger charge is 2.42. The zero-order valence-electron chi connectivity index (χ0n) is 17.0. The van der Waals surface area contributed by atoms with E-state index in [1.54, 1.807) is 19.2 Å². The van der Waals surface area contributed by atoms with Crippen LogP contribution in [0.3, 0.4) is 0 Å². The van der Waals surface area contributed by atoms with Crippen molar-refractivity contribution in [3.63, 3.8) is 0 Å². The lowest BCUT2D eigenvalue weighted by molar-refractivity contribution is -0.922. The molecule has 0 amide bonds. The highest BCUT2D eigenvalue weighted by molar-refractivity contribution is 5.82. The molecule has 6 nitrogen and oxygen atoms in total. The summed E-state index contributed by atoms with van der Waals surface area (Å²) in [5.74, 6) is 2.21. The van der Waals surface area contributed by atoms with Crippen LogP contribution in [-0.4, -0.2) is 44.8 Å². The van der Waals surface area contributed by atoms with Gasteiger partial charge in [-0.25, -0.2) is 0 Å². The number of rotatable bonds is 5.